The Bertz CT molecular complexity index is 682. The molecule has 1 aliphatic rings. The molecule has 0 saturated heterocycles. The molecule has 0 spiro atoms. The number of nitrogens with zero attached hydrogens (tertiary/aromatic N) is 1. The third-order valence-corrected chi connectivity index (χ3v) is 4.20. The van der Waals surface area contributed by atoms with Crippen molar-refractivity contribution in [2.45, 2.75) is 38.7 Å². The van der Waals surface area contributed by atoms with Gasteiger partial charge in [-0.3, -0.25) is 0 Å². The molecule has 1 aromatic rings. The fraction of sp³-hybridized carbons (Fsp3) is 0.412. The molecule has 0 amide bonds. The Morgan fingerprint density at radius 1 is 1.43 bits per heavy atom. The van der Waals surface area contributed by atoms with Crippen LogP contribution in [0.4, 0.5) is 0 Å². The van der Waals surface area contributed by atoms with Gasteiger partial charge in [-0.05, 0) is 45.2 Å². The number of nitriles is 1. The summed E-state index contributed by atoms with van der Waals surface area (Å²) in [6.07, 6.45) is 2.13. The van der Waals surface area contributed by atoms with Gasteiger partial charge >= 0.3 is 5.97 Å². The smallest absolute Gasteiger partial charge is 0.336 e. The molecule has 0 radical (unpaired) electrons. The van der Waals surface area contributed by atoms with E-state index in [1.807, 2.05) is 0 Å². The van der Waals surface area contributed by atoms with Gasteiger partial charge in [0.2, 0.25) is 0 Å². The highest BCUT2D eigenvalue weighted by molar-refractivity contribution is 5.91. The first kappa shape index (κ1) is 15.1. The van der Waals surface area contributed by atoms with Gasteiger partial charge in [-0.25, -0.2) is 4.79 Å². The van der Waals surface area contributed by atoms with E-state index >= 15 is 0 Å². The van der Waals surface area contributed by atoms with E-state index < -0.39 is 17.0 Å². The zero-order chi connectivity index (χ0) is 15.7. The predicted molar refractivity (Wildman–Crippen MR) is 77.5 cm³/mol. The van der Waals surface area contributed by atoms with E-state index in [9.17, 15) is 20.3 Å². The van der Waals surface area contributed by atoms with Gasteiger partial charge in [0, 0.05) is 5.56 Å². The predicted octanol–water partition coefficient (Wildman–Crippen LogP) is 2.49. The fourth-order valence-corrected chi connectivity index (χ4v) is 2.49. The van der Waals surface area contributed by atoms with Crippen LogP contribution in [0.3, 0.4) is 0 Å². The molecule has 0 aliphatic heterocycles. The second kappa shape index (κ2) is 5.24. The van der Waals surface area contributed by atoms with Gasteiger partial charge in [0.25, 0.3) is 0 Å². The van der Waals surface area contributed by atoms with Crippen LogP contribution in [-0.2, 0) is 0 Å². The molecular weight excluding hydrogens is 266 g/mol. The molecule has 1 saturated carbocycles. The number of carbonyl (C=O) groups is 1. The maximum absolute atomic E-state index is 11.2. The monoisotopic (exact) mass is 283 g/mol. The number of aryl methyl sites for hydroxylation is 1. The Labute approximate surface area is 124 Å². The molecule has 1 atom stereocenters. The Balaban J connectivity index is 2.40. The summed E-state index contributed by atoms with van der Waals surface area (Å²) in [6, 6.07) is 7.11. The van der Waals surface area contributed by atoms with E-state index in [4.69, 9.17) is 0 Å². The first-order valence-corrected chi connectivity index (χ1v) is 6.82. The topological polar surface area (TPSA) is 81.3 Å². The lowest BCUT2D eigenvalue weighted by Gasteiger charge is -2.43. The van der Waals surface area contributed by atoms with Crippen molar-refractivity contribution in [2.24, 2.45) is 5.41 Å². The average molecular weight is 283 g/mol. The van der Waals surface area contributed by atoms with Crippen molar-refractivity contribution in [3.05, 3.63) is 34.9 Å². The number of carboxylic acid groups (broad SMARTS) is 1. The van der Waals surface area contributed by atoms with Crippen LogP contribution in [0.15, 0.2) is 18.2 Å². The highest BCUT2D eigenvalue weighted by atomic mass is 16.4. The van der Waals surface area contributed by atoms with Crippen LogP contribution < -0.4 is 0 Å². The summed E-state index contributed by atoms with van der Waals surface area (Å²) in [5.74, 6) is 4.39. The van der Waals surface area contributed by atoms with Crippen molar-refractivity contribution in [3.63, 3.8) is 0 Å². The molecule has 4 heteroatoms. The van der Waals surface area contributed by atoms with Gasteiger partial charge in [-0.15, -0.1) is 0 Å². The number of carboxylic acids is 1. The standard InChI is InChI=1S/C17H17NO3/c1-12-4-5-13(14(10-12)15(19)20)6-9-16(2,21)17(11-18)7-3-8-17/h4-5,10,21H,3,7-8H2,1-2H3,(H,19,20)/t16-/m1/s1. The van der Waals surface area contributed by atoms with Crippen LogP contribution in [0.2, 0.25) is 0 Å². The van der Waals surface area contributed by atoms with E-state index in [1.54, 1.807) is 25.1 Å². The third-order valence-electron chi connectivity index (χ3n) is 4.20. The largest absolute Gasteiger partial charge is 0.478 e. The normalized spacial score (nSPS) is 18.4. The van der Waals surface area contributed by atoms with E-state index in [1.165, 1.54) is 6.92 Å². The molecule has 4 nitrogen and oxygen atoms in total. The van der Waals surface area contributed by atoms with Crippen molar-refractivity contribution in [1.82, 2.24) is 0 Å². The summed E-state index contributed by atoms with van der Waals surface area (Å²) in [6.45, 7) is 3.33. The number of aliphatic hydroxyl groups is 1. The fourth-order valence-electron chi connectivity index (χ4n) is 2.49. The molecule has 2 rings (SSSR count). The highest BCUT2D eigenvalue weighted by Crippen LogP contribution is 2.48. The lowest BCUT2D eigenvalue weighted by atomic mass is 9.60. The summed E-state index contributed by atoms with van der Waals surface area (Å²) in [4.78, 5) is 11.2. The molecule has 1 aromatic carbocycles. The lowest BCUT2D eigenvalue weighted by Crippen LogP contribution is -2.48. The van der Waals surface area contributed by atoms with Crippen molar-refractivity contribution in [2.75, 3.05) is 0 Å². The minimum absolute atomic E-state index is 0.109. The third kappa shape index (κ3) is 2.63. The van der Waals surface area contributed by atoms with E-state index in [2.05, 4.69) is 17.9 Å². The molecule has 108 valence electrons. The van der Waals surface area contributed by atoms with Gasteiger partial charge in [0.1, 0.15) is 5.60 Å². The molecule has 1 fully saturated rings. The second-order valence-corrected chi connectivity index (χ2v) is 5.72. The zero-order valence-corrected chi connectivity index (χ0v) is 12.1. The summed E-state index contributed by atoms with van der Waals surface area (Å²) in [5, 5.41) is 29.0. The average Bonchev–Trinajstić information content (AvgIpc) is 2.36. The van der Waals surface area contributed by atoms with E-state index in [0.717, 1.165) is 12.0 Å². The Hall–Kier alpha value is -2.30. The number of hydrogen-bond acceptors (Lipinski definition) is 3. The van der Waals surface area contributed by atoms with Crippen LogP contribution in [0.25, 0.3) is 0 Å². The van der Waals surface area contributed by atoms with Crippen molar-refractivity contribution in [1.29, 1.82) is 5.26 Å². The molecule has 0 heterocycles. The highest BCUT2D eigenvalue weighted by Gasteiger charge is 2.51. The molecule has 0 aromatic heterocycles. The summed E-state index contributed by atoms with van der Waals surface area (Å²) < 4.78 is 0. The number of aromatic carboxylic acids is 1. The van der Waals surface area contributed by atoms with Crippen LogP contribution in [0.5, 0.6) is 0 Å². The van der Waals surface area contributed by atoms with Gasteiger partial charge in [0.05, 0.1) is 17.0 Å². The minimum atomic E-state index is -1.44. The maximum Gasteiger partial charge on any atom is 0.336 e. The first-order chi connectivity index (χ1) is 9.81. The second-order valence-electron chi connectivity index (χ2n) is 5.72. The molecular formula is C17H17NO3. The number of benzene rings is 1. The van der Waals surface area contributed by atoms with Crippen LogP contribution >= 0.6 is 0 Å². The molecule has 0 unspecified atom stereocenters. The van der Waals surface area contributed by atoms with Gasteiger partial charge in [-0.1, -0.05) is 23.5 Å². The summed E-state index contributed by atoms with van der Waals surface area (Å²) in [5.41, 5.74) is -0.995. The zero-order valence-electron chi connectivity index (χ0n) is 12.1. The van der Waals surface area contributed by atoms with Crippen LogP contribution in [0, 0.1) is 35.5 Å². The van der Waals surface area contributed by atoms with Gasteiger partial charge in [0.15, 0.2) is 0 Å². The maximum atomic E-state index is 11.2. The Kier molecular flexibility index (Phi) is 3.77. The van der Waals surface area contributed by atoms with Gasteiger partial charge in [-0.2, -0.15) is 5.26 Å². The first-order valence-electron chi connectivity index (χ1n) is 6.82. The van der Waals surface area contributed by atoms with Gasteiger partial charge < -0.3 is 10.2 Å². The van der Waals surface area contributed by atoms with Crippen molar-refractivity contribution >= 4 is 5.97 Å². The quantitative estimate of drug-likeness (QED) is 0.817. The molecule has 1 aliphatic carbocycles. The SMILES string of the molecule is Cc1ccc(C#C[C@@](C)(O)C2(C#N)CCC2)c(C(=O)O)c1. The Morgan fingerprint density at radius 2 is 2.10 bits per heavy atom. The van der Waals surface area contributed by atoms with Crippen molar-refractivity contribution in [3.8, 4) is 17.9 Å². The molecule has 21 heavy (non-hydrogen) atoms. The molecule has 0 bridgehead atoms. The summed E-state index contributed by atoms with van der Waals surface area (Å²) in [7, 11) is 0. The van der Waals surface area contributed by atoms with Crippen LogP contribution in [-0.4, -0.2) is 21.8 Å². The number of rotatable bonds is 2. The van der Waals surface area contributed by atoms with E-state index in [0.29, 0.717) is 18.4 Å². The molecule has 2 N–H and O–H groups in total. The number of hydrogen-bond donors (Lipinski definition) is 2. The van der Waals surface area contributed by atoms with Crippen LogP contribution in [0.1, 0.15) is 47.7 Å². The minimum Gasteiger partial charge on any atom is -0.478 e. The Morgan fingerprint density at radius 3 is 2.57 bits per heavy atom. The lowest BCUT2D eigenvalue weighted by molar-refractivity contribution is -0.0336. The van der Waals surface area contributed by atoms with E-state index in [-0.39, 0.29) is 5.56 Å². The van der Waals surface area contributed by atoms with Crippen molar-refractivity contribution < 1.29 is 15.0 Å². The summed E-state index contributed by atoms with van der Waals surface area (Å²) >= 11 is 0.